The number of carboxylic acids is 1. The highest BCUT2D eigenvalue weighted by atomic mass is 32.2. The van der Waals surface area contributed by atoms with Crippen molar-refractivity contribution in [3.8, 4) is 0 Å². The van der Waals surface area contributed by atoms with Gasteiger partial charge in [-0.15, -0.1) is 11.8 Å². The number of sulfonamides is 1. The van der Waals surface area contributed by atoms with Crippen LogP contribution in [0.5, 0.6) is 0 Å². The largest absolute Gasteiger partial charge is 0.480 e. The van der Waals surface area contributed by atoms with Crippen molar-refractivity contribution in [2.24, 2.45) is 0 Å². The summed E-state index contributed by atoms with van der Waals surface area (Å²) in [6.45, 7) is 1.74. The highest BCUT2D eigenvalue weighted by Gasteiger charge is 2.49. The van der Waals surface area contributed by atoms with E-state index in [4.69, 9.17) is 5.11 Å². The maximum Gasteiger partial charge on any atom is 0.322 e. The number of hydrogen-bond donors (Lipinski definition) is 1. The predicted octanol–water partition coefficient (Wildman–Crippen LogP) is 0.327. The van der Waals surface area contributed by atoms with Crippen molar-refractivity contribution in [2.75, 3.05) is 5.75 Å². The quantitative estimate of drug-likeness (QED) is 0.782. The Hall–Kier alpha value is -0.270. The van der Waals surface area contributed by atoms with Crippen LogP contribution in [0.25, 0.3) is 0 Å². The molecule has 2 fully saturated rings. The first kappa shape index (κ1) is 11.2. The van der Waals surface area contributed by atoms with Crippen LogP contribution in [0.15, 0.2) is 0 Å². The van der Waals surface area contributed by atoms with Gasteiger partial charge in [0.25, 0.3) is 0 Å². The second kappa shape index (κ2) is 3.64. The summed E-state index contributed by atoms with van der Waals surface area (Å²) in [5.74, 6) is -0.696. The molecule has 7 heteroatoms. The van der Waals surface area contributed by atoms with E-state index in [9.17, 15) is 13.2 Å². The predicted molar refractivity (Wildman–Crippen MR) is 57.1 cm³/mol. The van der Waals surface area contributed by atoms with Crippen LogP contribution >= 0.6 is 11.8 Å². The van der Waals surface area contributed by atoms with Crippen molar-refractivity contribution in [2.45, 2.75) is 36.4 Å². The second-order valence-electron chi connectivity index (χ2n) is 3.86. The van der Waals surface area contributed by atoms with E-state index in [0.717, 1.165) is 0 Å². The average Bonchev–Trinajstić information content (AvgIpc) is 2.89. The number of aliphatic carboxylic acids is 1. The van der Waals surface area contributed by atoms with Crippen molar-refractivity contribution in [1.82, 2.24) is 4.31 Å². The summed E-state index contributed by atoms with van der Waals surface area (Å²) in [5, 5.41) is 8.36. The first-order valence-corrected chi connectivity index (χ1v) is 7.36. The summed E-state index contributed by atoms with van der Waals surface area (Å²) in [5.41, 5.74) is 0. The Labute approximate surface area is 92.9 Å². The van der Waals surface area contributed by atoms with E-state index < -0.39 is 22.0 Å². The minimum atomic E-state index is -3.38. The Balaban J connectivity index is 2.28. The molecular weight excluding hydrogens is 238 g/mol. The second-order valence-corrected chi connectivity index (χ2v) is 7.33. The number of hydrogen-bond acceptors (Lipinski definition) is 4. The van der Waals surface area contributed by atoms with Gasteiger partial charge in [-0.05, 0) is 19.8 Å². The molecule has 0 aromatic carbocycles. The molecule has 0 aromatic heterocycles. The highest BCUT2D eigenvalue weighted by Crippen LogP contribution is 2.39. The van der Waals surface area contributed by atoms with Gasteiger partial charge >= 0.3 is 5.97 Å². The SMILES string of the molecule is CC1SCC(C(=O)O)N1S(=O)(=O)C1CC1. The smallest absolute Gasteiger partial charge is 0.322 e. The lowest BCUT2D eigenvalue weighted by atomic mass is 10.3. The van der Waals surface area contributed by atoms with Crippen LogP contribution in [-0.2, 0) is 14.8 Å². The highest BCUT2D eigenvalue weighted by molar-refractivity contribution is 8.01. The number of carbonyl (C=O) groups is 1. The molecule has 0 spiro atoms. The zero-order valence-corrected chi connectivity index (χ0v) is 9.92. The molecule has 1 heterocycles. The summed E-state index contributed by atoms with van der Waals surface area (Å²) in [7, 11) is -3.38. The Morgan fingerprint density at radius 2 is 2.07 bits per heavy atom. The fourth-order valence-electron chi connectivity index (χ4n) is 1.73. The fourth-order valence-corrected chi connectivity index (χ4v) is 5.44. The van der Waals surface area contributed by atoms with E-state index in [2.05, 4.69) is 0 Å². The number of rotatable bonds is 3. The number of nitrogens with zero attached hydrogens (tertiary/aromatic N) is 1. The zero-order valence-electron chi connectivity index (χ0n) is 8.29. The van der Waals surface area contributed by atoms with E-state index in [-0.39, 0.29) is 10.6 Å². The van der Waals surface area contributed by atoms with E-state index in [1.54, 1.807) is 6.92 Å². The Kier molecular flexibility index (Phi) is 2.72. The van der Waals surface area contributed by atoms with Crippen LogP contribution in [0, 0.1) is 0 Å². The topological polar surface area (TPSA) is 74.7 Å². The third-order valence-electron chi connectivity index (χ3n) is 2.69. The maximum absolute atomic E-state index is 12.0. The summed E-state index contributed by atoms with van der Waals surface area (Å²) in [4.78, 5) is 10.9. The monoisotopic (exact) mass is 251 g/mol. The van der Waals surface area contributed by atoms with Gasteiger partial charge in [-0.2, -0.15) is 4.31 Å². The van der Waals surface area contributed by atoms with Crippen LogP contribution in [0.2, 0.25) is 0 Å². The molecule has 0 aromatic rings. The Morgan fingerprint density at radius 1 is 1.47 bits per heavy atom. The lowest BCUT2D eigenvalue weighted by Gasteiger charge is -2.23. The lowest BCUT2D eigenvalue weighted by Crippen LogP contribution is -2.46. The van der Waals surface area contributed by atoms with Crippen molar-refractivity contribution < 1.29 is 18.3 Å². The number of thioether (sulfide) groups is 1. The van der Waals surface area contributed by atoms with E-state index in [1.165, 1.54) is 16.1 Å². The van der Waals surface area contributed by atoms with Crippen LogP contribution in [-0.4, -0.2) is 46.2 Å². The van der Waals surface area contributed by atoms with Gasteiger partial charge in [0.1, 0.15) is 6.04 Å². The van der Waals surface area contributed by atoms with E-state index >= 15 is 0 Å². The fraction of sp³-hybridized carbons (Fsp3) is 0.875. The first-order chi connectivity index (χ1) is 6.94. The van der Waals surface area contributed by atoms with Gasteiger partial charge in [0, 0.05) is 5.75 Å². The van der Waals surface area contributed by atoms with Gasteiger partial charge in [0.05, 0.1) is 10.6 Å². The number of carboxylic acid groups (broad SMARTS) is 1. The third-order valence-corrected chi connectivity index (χ3v) is 6.51. The molecule has 2 unspecified atom stereocenters. The molecule has 1 aliphatic heterocycles. The molecule has 1 saturated carbocycles. The first-order valence-electron chi connectivity index (χ1n) is 4.81. The summed E-state index contributed by atoms with van der Waals surface area (Å²) in [6.07, 6.45) is 1.34. The van der Waals surface area contributed by atoms with Gasteiger partial charge in [0.2, 0.25) is 10.0 Å². The summed E-state index contributed by atoms with van der Waals surface area (Å²) in [6, 6.07) is -0.879. The average molecular weight is 251 g/mol. The Bertz CT molecular complexity index is 376. The van der Waals surface area contributed by atoms with Gasteiger partial charge in [0.15, 0.2) is 0 Å². The minimum absolute atomic E-state index is 0.253. The molecule has 15 heavy (non-hydrogen) atoms. The van der Waals surface area contributed by atoms with Crippen molar-refractivity contribution >= 4 is 27.8 Å². The molecular formula is C8H13NO4S2. The van der Waals surface area contributed by atoms with E-state index in [0.29, 0.717) is 18.6 Å². The molecule has 0 amide bonds. The lowest BCUT2D eigenvalue weighted by molar-refractivity contribution is -0.140. The standard InChI is InChI=1S/C8H13NO4S2/c1-5-9(7(4-14-5)8(10)11)15(12,13)6-2-3-6/h5-7H,2-4H2,1H3,(H,10,11). The van der Waals surface area contributed by atoms with Crippen molar-refractivity contribution in [1.29, 1.82) is 0 Å². The van der Waals surface area contributed by atoms with E-state index in [1.807, 2.05) is 0 Å². The third kappa shape index (κ3) is 1.88. The Morgan fingerprint density at radius 3 is 2.53 bits per heavy atom. The molecule has 1 saturated heterocycles. The maximum atomic E-state index is 12.0. The summed E-state index contributed by atoms with van der Waals surface area (Å²) < 4.78 is 25.1. The minimum Gasteiger partial charge on any atom is -0.480 e. The molecule has 0 radical (unpaired) electrons. The van der Waals surface area contributed by atoms with Crippen molar-refractivity contribution in [3.63, 3.8) is 0 Å². The van der Waals surface area contributed by atoms with Crippen LogP contribution in [0.4, 0.5) is 0 Å². The molecule has 2 rings (SSSR count). The van der Waals surface area contributed by atoms with Crippen LogP contribution < -0.4 is 0 Å². The zero-order chi connectivity index (χ0) is 11.2. The molecule has 1 N–H and O–H groups in total. The molecule has 0 bridgehead atoms. The summed E-state index contributed by atoms with van der Waals surface area (Å²) >= 11 is 1.38. The van der Waals surface area contributed by atoms with Gasteiger partial charge in [-0.3, -0.25) is 4.79 Å². The van der Waals surface area contributed by atoms with Crippen LogP contribution in [0.1, 0.15) is 19.8 Å². The van der Waals surface area contributed by atoms with Gasteiger partial charge in [-0.25, -0.2) is 8.42 Å². The molecule has 5 nitrogen and oxygen atoms in total. The molecule has 86 valence electrons. The van der Waals surface area contributed by atoms with Crippen LogP contribution in [0.3, 0.4) is 0 Å². The molecule has 2 aliphatic rings. The van der Waals surface area contributed by atoms with Crippen molar-refractivity contribution in [3.05, 3.63) is 0 Å². The van der Waals surface area contributed by atoms with Gasteiger partial charge < -0.3 is 5.11 Å². The normalized spacial score (nSPS) is 33.1. The van der Waals surface area contributed by atoms with Gasteiger partial charge in [-0.1, -0.05) is 0 Å². The molecule has 2 atom stereocenters. The molecule has 1 aliphatic carbocycles.